The van der Waals surface area contributed by atoms with Crippen LogP contribution in [0.25, 0.3) is 0 Å². The maximum atomic E-state index is 12.6. The van der Waals surface area contributed by atoms with Crippen LogP contribution in [0.2, 0.25) is 0 Å². The summed E-state index contributed by atoms with van der Waals surface area (Å²) in [6, 6.07) is 4.26. The van der Waals surface area contributed by atoms with E-state index in [1.165, 1.54) is 0 Å². The average molecular weight is 277 g/mol. The van der Waals surface area contributed by atoms with Crippen LogP contribution in [0.5, 0.6) is 0 Å². The first-order valence-corrected chi connectivity index (χ1v) is 7.46. The van der Waals surface area contributed by atoms with E-state index >= 15 is 0 Å². The molecular weight excluding hydrogens is 254 g/mol. The summed E-state index contributed by atoms with van der Waals surface area (Å²) >= 11 is 0. The van der Waals surface area contributed by atoms with Crippen molar-refractivity contribution >= 4 is 5.91 Å². The summed E-state index contributed by atoms with van der Waals surface area (Å²) < 4.78 is 2.12. The normalized spacial score (nSPS) is 28.0. The zero-order valence-corrected chi connectivity index (χ0v) is 12.0. The molecule has 2 saturated heterocycles. The molecule has 110 valence electrons. The highest BCUT2D eigenvalue weighted by Gasteiger charge is 2.35. The van der Waals surface area contributed by atoms with Crippen LogP contribution in [0.4, 0.5) is 0 Å². The number of likely N-dealkylation sites (tertiary alicyclic amines) is 1. The molecule has 5 heteroatoms. The number of amides is 1. The molecule has 0 aromatic carbocycles. The number of β-amino-alcohol motifs (C(OH)–C–C–N with tert-alkyl or cyclic N) is 1. The second-order valence-corrected chi connectivity index (χ2v) is 6.26. The smallest absolute Gasteiger partial charge is 0.270 e. The number of nitrogens with one attached hydrogen (secondary N) is 1. The molecule has 0 saturated carbocycles. The number of carbonyl (C=O) groups is 1. The van der Waals surface area contributed by atoms with Crippen LogP contribution in [-0.2, 0) is 0 Å². The van der Waals surface area contributed by atoms with Crippen molar-refractivity contribution in [3.05, 3.63) is 24.0 Å². The largest absolute Gasteiger partial charge is 0.388 e. The molecule has 0 aliphatic carbocycles. The third-order valence-electron chi connectivity index (χ3n) is 4.44. The molecule has 3 heterocycles. The highest BCUT2D eigenvalue weighted by molar-refractivity contribution is 5.93. The Morgan fingerprint density at radius 3 is 2.85 bits per heavy atom. The predicted octanol–water partition coefficient (Wildman–Crippen LogP) is 1.01. The number of rotatable bonds is 2. The van der Waals surface area contributed by atoms with E-state index in [4.69, 9.17) is 0 Å². The number of piperidine rings is 1. The second-order valence-electron chi connectivity index (χ2n) is 6.26. The number of nitrogens with zero attached hydrogens (tertiary/aromatic N) is 2. The number of aliphatic hydroxyl groups is 1. The minimum absolute atomic E-state index is 0.0475. The minimum atomic E-state index is -0.734. The van der Waals surface area contributed by atoms with Crippen molar-refractivity contribution in [1.82, 2.24) is 14.8 Å². The third-order valence-corrected chi connectivity index (χ3v) is 4.44. The first kappa shape index (κ1) is 13.6. The van der Waals surface area contributed by atoms with Crippen LogP contribution in [0.1, 0.15) is 42.7 Å². The minimum Gasteiger partial charge on any atom is -0.388 e. The molecule has 0 bridgehead atoms. The van der Waals surface area contributed by atoms with Gasteiger partial charge in [0.25, 0.3) is 5.91 Å². The summed E-state index contributed by atoms with van der Waals surface area (Å²) in [7, 11) is 0. The standard InChI is InChI=1S/C15H23N3O2/c1-15(20)6-10-17(11-15)14(19)13-3-2-9-18(13)12-4-7-16-8-5-12/h2-3,9,12,16,20H,4-8,10-11H2,1H3. The van der Waals surface area contributed by atoms with Gasteiger partial charge in [0.05, 0.1) is 5.60 Å². The first-order chi connectivity index (χ1) is 9.57. The first-order valence-electron chi connectivity index (χ1n) is 7.46. The molecule has 2 fully saturated rings. The van der Waals surface area contributed by atoms with E-state index < -0.39 is 5.60 Å². The summed E-state index contributed by atoms with van der Waals surface area (Å²) in [5.74, 6) is 0.0475. The third kappa shape index (κ3) is 2.60. The van der Waals surface area contributed by atoms with Gasteiger partial charge in [0.15, 0.2) is 0 Å². The zero-order valence-electron chi connectivity index (χ0n) is 12.0. The van der Waals surface area contributed by atoms with Gasteiger partial charge in [-0.1, -0.05) is 0 Å². The van der Waals surface area contributed by atoms with Gasteiger partial charge in [0.1, 0.15) is 5.69 Å². The Morgan fingerprint density at radius 2 is 2.20 bits per heavy atom. The Hall–Kier alpha value is -1.33. The van der Waals surface area contributed by atoms with Gasteiger partial charge in [0, 0.05) is 25.3 Å². The summed E-state index contributed by atoms with van der Waals surface area (Å²) in [6.07, 6.45) is 4.80. The van der Waals surface area contributed by atoms with Gasteiger partial charge < -0.3 is 19.9 Å². The fourth-order valence-corrected chi connectivity index (χ4v) is 3.26. The molecule has 2 aliphatic heterocycles. The highest BCUT2D eigenvalue weighted by Crippen LogP contribution is 2.25. The SMILES string of the molecule is CC1(O)CCN(C(=O)c2cccn2C2CCNCC2)C1. The Bertz CT molecular complexity index is 489. The molecule has 1 unspecified atom stereocenters. The van der Waals surface area contributed by atoms with Gasteiger partial charge in [-0.3, -0.25) is 4.79 Å². The van der Waals surface area contributed by atoms with Crippen LogP contribution in [0, 0.1) is 0 Å². The Kier molecular flexibility index (Phi) is 3.56. The molecule has 1 amide bonds. The predicted molar refractivity (Wildman–Crippen MR) is 76.7 cm³/mol. The lowest BCUT2D eigenvalue weighted by molar-refractivity contribution is 0.0564. The van der Waals surface area contributed by atoms with Crippen molar-refractivity contribution < 1.29 is 9.90 Å². The van der Waals surface area contributed by atoms with Crippen molar-refractivity contribution in [1.29, 1.82) is 0 Å². The van der Waals surface area contributed by atoms with Gasteiger partial charge in [-0.05, 0) is 51.4 Å². The molecule has 1 aromatic rings. The fourth-order valence-electron chi connectivity index (χ4n) is 3.26. The average Bonchev–Trinajstić information content (AvgIpc) is 3.05. The van der Waals surface area contributed by atoms with E-state index in [0.29, 0.717) is 25.6 Å². The number of aromatic nitrogens is 1. The molecule has 2 N–H and O–H groups in total. The lowest BCUT2D eigenvalue weighted by Gasteiger charge is -2.27. The van der Waals surface area contributed by atoms with Gasteiger partial charge in [-0.15, -0.1) is 0 Å². The summed E-state index contributed by atoms with van der Waals surface area (Å²) in [5, 5.41) is 13.4. The molecule has 20 heavy (non-hydrogen) atoms. The van der Waals surface area contributed by atoms with Gasteiger partial charge in [-0.2, -0.15) is 0 Å². The number of hydrogen-bond acceptors (Lipinski definition) is 3. The van der Waals surface area contributed by atoms with Crippen molar-refractivity contribution in [2.45, 2.75) is 37.8 Å². The highest BCUT2D eigenvalue weighted by atomic mass is 16.3. The van der Waals surface area contributed by atoms with E-state index in [-0.39, 0.29) is 5.91 Å². The van der Waals surface area contributed by atoms with Gasteiger partial charge in [0.2, 0.25) is 0 Å². The summed E-state index contributed by atoms with van der Waals surface area (Å²) in [5.41, 5.74) is 0.0246. The van der Waals surface area contributed by atoms with Crippen molar-refractivity contribution in [2.24, 2.45) is 0 Å². The zero-order chi connectivity index (χ0) is 14.2. The van der Waals surface area contributed by atoms with E-state index in [9.17, 15) is 9.90 Å². The topological polar surface area (TPSA) is 57.5 Å². The molecule has 1 atom stereocenters. The molecule has 0 spiro atoms. The number of hydrogen-bond donors (Lipinski definition) is 2. The second kappa shape index (κ2) is 5.22. The van der Waals surface area contributed by atoms with Crippen LogP contribution in [0.15, 0.2) is 18.3 Å². The van der Waals surface area contributed by atoms with E-state index in [1.54, 1.807) is 11.8 Å². The molecule has 2 aliphatic rings. The maximum Gasteiger partial charge on any atom is 0.270 e. The fraction of sp³-hybridized carbons (Fsp3) is 0.667. The number of carbonyl (C=O) groups excluding carboxylic acids is 1. The van der Waals surface area contributed by atoms with E-state index in [0.717, 1.165) is 31.6 Å². The van der Waals surface area contributed by atoms with Gasteiger partial charge >= 0.3 is 0 Å². The molecule has 3 rings (SSSR count). The van der Waals surface area contributed by atoms with Crippen molar-refractivity contribution in [2.75, 3.05) is 26.2 Å². The summed E-state index contributed by atoms with van der Waals surface area (Å²) in [6.45, 7) is 4.89. The van der Waals surface area contributed by atoms with Crippen LogP contribution in [-0.4, -0.2) is 52.3 Å². The van der Waals surface area contributed by atoms with Crippen LogP contribution in [0.3, 0.4) is 0 Å². The summed E-state index contributed by atoms with van der Waals surface area (Å²) in [4.78, 5) is 14.4. The quantitative estimate of drug-likeness (QED) is 0.848. The molecular formula is C15H23N3O2. The molecule has 1 aromatic heterocycles. The monoisotopic (exact) mass is 277 g/mol. The van der Waals surface area contributed by atoms with Crippen LogP contribution < -0.4 is 5.32 Å². The van der Waals surface area contributed by atoms with Gasteiger partial charge in [-0.25, -0.2) is 0 Å². The molecule has 5 nitrogen and oxygen atoms in total. The van der Waals surface area contributed by atoms with Crippen molar-refractivity contribution in [3.8, 4) is 0 Å². The van der Waals surface area contributed by atoms with Crippen molar-refractivity contribution in [3.63, 3.8) is 0 Å². The molecule has 0 radical (unpaired) electrons. The lowest BCUT2D eigenvalue weighted by atomic mass is 10.1. The Labute approximate surface area is 119 Å². The van der Waals surface area contributed by atoms with E-state index in [2.05, 4.69) is 9.88 Å². The maximum absolute atomic E-state index is 12.6. The lowest BCUT2D eigenvalue weighted by Crippen LogP contribution is -2.36. The Balaban J connectivity index is 1.77. The van der Waals surface area contributed by atoms with Crippen LogP contribution >= 0.6 is 0 Å². The Morgan fingerprint density at radius 1 is 1.45 bits per heavy atom. The van der Waals surface area contributed by atoms with E-state index in [1.807, 2.05) is 18.3 Å².